The lowest BCUT2D eigenvalue weighted by molar-refractivity contribution is -0.122. The van der Waals surface area contributed by atoms with Crippen molar-refractivity contribution in [3.05, 3.63) is 25.3 Å². The number of carbonyl (C=O) groups is 1. The molecule has 0 aliphatic carbocycles. The minimum Gasteiger partial charge on any atom is -0.379 e. The highest BCUT2D eigenvalue weighted by Crippen LogP contribution is 2.14. The first-order valence-electron chi connectivity index (χ1n) is 7.53. The van der Waals surface area contributed by atoms with Crippen molar-refractivity contribution in [3.8, 4) is 0 Å². The highest BCUT2D eigenvalue weighted by atomic mass is 16.5. The normalized spacial score (nSPS) is 16.7. The second kappa shape index (κ2) is 8.97. The molecule has 1 saturated heterocycles. The summed E-state index contributed by atoms with van der Waals surface area (Å²) >= 11 is 0. The van der Waals surface area contributed by atoms with Crippen molar-refractivity contribution >= 4 is 5.91 Å². The van der Waals surface area contributed by atoms with Crippen molar-refractivity contribution in [2.45, 2.75) is 19.4 Å². The van der Waals surface area contributed by atoms with Gasteiger partial charge in [-0.2, -0.15) is 0 Å². The van der Waals surface area contributed by atoms with Crippen molar-refractivity contribution in [3.63, 3.8) is 0 Å². The Kier molecular flexibility index (Phi) is 7.64. The van der Waals surface area contributed by atoms with Gasteiger partial charge in [-0.1, -0.05) is 12.2 Å². The van der Waals surface area contributed by atoms with Crippen LogP contribution < -0.4 is 5.32 Å². The maximum absolute atomic E-state index is 12.1. The van der Waals surface area contributed by atoms with Gasteiger partial charge >= 0.3 is 0 Å². The SMILES string of the molecule is C=CCN(CC=C)CC(=O)NCC(C)(C)N1CCOCC1. The van der Waals surface area contributed by atoms with E-state index in [2.05, 4.69) is 37.2 Å². The van der Waals surface area contributed by atoms with Crippen LogP contribution in [-0.2, 0) is 9.53 Å². The maximum Gasteiger partial charge on any atom is 0.234 e. The van der Waals surface area contributed by atoms with Crippen molar-refractivity contribution in [1.29, 1.82) is 0 Å². The molecule has 1 heterocycles. The predicted octanol–water partition coefficient (Wildman–Crippen LogP) is 0.887. The topological polar surface area (TPSA) is 44.8 Å². The summed E-state index contributed by atoms with van der Waals surface area (Å²) in [4.78, 5) is 16.4. The van der Waals surface area contributed by atoms with Gasteiger partial charge < -0.3 is 10.1 Å². The zero-order valence-corrected chi connectivity index (χ0v) is 13.4. The van der Waals surface area contributed by atoms with Gasteiger partial charge in [0.2, 0.25) is 5.91 Å². The Morgan fingerprint density at radius 3 is 2.38 bits per heavy atom. The molecule has 0 atom stereocenters. The minimum atomic E-state index is -0.0544. The fourth-order valence-corrected chi connectivity index (χ4v) is 2.42. The molecule has 0 bridgehead atoms. The quantitative estimate of drug-likeness (QED) is 0.642. The Labute approximate surface area is 128 Å². The van der Waals surface area contributed by atoms with Gasteiger partial charge in [-0.3, -0.25) is 14.6 Å². The van der Waals surface area contributed by atoms with Gasteiger partial charge in [-0.05, 0) is 13.8 Å². The van der Waals surface area contributed by atoms with E-state index in [1.807, 2.05) is 4.90 Å². The molecule has 1 aliphatic heterocycles. The van der Waals surface area contributed by atoms with Gasteiger partial charge in [0.05, 0.1) is 19.8 Å². The van der Waals surface area contributed by atoms with Crippen LogP contribution in [0.1, 0.15) is 13.8 Å². The Hall–Kier alpha value is -1.17. The summed E-state index contributed by atoms with van der Waals surface area (Å²) in [6.07, 6.45) is 3.60. The highest BCUT2D eigenvalue weighted by molar-refractivity contribution is 5.78. The third-order valence-corrected chi connectivity index (χ3v) is 3.73. The molecule has 1 rings (SSSR count). The van der Waals surface area contributed by atoms with E-state index in [1.54, 1.807) is 12.2 Å². The van der Waals surface area contributed by atoms with E-state index < -0.39 is 0 Å². The first-order valence-corrected chi connectivity index (χ1v) is 7.53. The molecular weight excluding hydrogens is 266 g/mol. The molecule has 0 radical (unpaired) electrons. The molecule has 0 aromatic heterocycles. The Balaban J connectivity index is 2.39. The van der Waals surface area contributed by atoms with Gasteiger partial charge in [-0.15, -0.1) is 13.2 Å². The largest absolute Gasteiger partial charge is 0.379 e. The number of hydrogen-bond donors (Lipinski definition) is 1. The van der Waals surface area contributed by atoms with Gasteiger partial charge in [0.1, 0.15) is 0 Å². The average Bonchev–Trinajstić information content (AvgIpc) is 2.47. The summed E-state index contributed by atoms with van der Waals surface area (Å²) in [7, 11) is 0. The smallest absolute Gasteiger partial charge is 0.234 e. The zero-order chi connectivity index (χ0) is 15.7. The highest BCUT2D eigenvalue weighted by Gasteiger charge is 2.28. The third kappa shape index (κ3) is 6.42. The lowest BCUT2D eigenvalue weighted by atomic mass is 10.0. The van der Waals surface area contributed by atoms with Gasteiger partial charge in [-0.25, -0.2) is 0 Å². The van der Waals surface area contributed by atoms with E-state index in [0.717, 1.165) is 26.3 Å². The van der Waals surface area contributed by atoms with Crippen LogP contribution >= 0.6 is 0 Å². The Morgan fingerprint density at radius 2 is 1.86 bits per heavy atom. The monoisotopic (exact) mass is 295 g/mol. The number of ether oxygens (including phenoxy) is 1. The van der Waals surface area contributed by atoms with E-state index in [1.165, 1.54) is 0 Å². The molecule has 1 fully saturated rings. The van der Waals surface area contributed by atoms with E-state index in [-0.39, 0.29) is 11.4 Å². The molecule has 5 heteroatoms. The van der Waals surface area contributed by atoms with E-state index in [4.69, 9.17) is 4.74 Å². The Morgan fingerprint density at radius 1 is 1.29 bits per heavy atom. The summed E-state index contributed by atoms with van der Waals surface area (Å²) < 4.78 is 5.37. The molecule has 0 saturated carbocycles. The van der Waals surface area contributed by atoms with Crippen molar-refractivity contribution in [1.82, 2.24) is 15.1 Å². The summed E-state index contributed by atoms with van der Waals surface area (Å²) in [6, 6.07) is 0. The molecule has 120 valence electrons. The first kappa shape index (κ1) is 17.9. The maximum atomic E-state index is 12.1. The van der Waals surface area contributed by atoms with Crippen LogP contribution in [0.5, 0.6) is 0 Å². The fourth-order valence-electron chi connectivity index (χ4n) is 2.42. The molecule has 0 unspecified atom stereocenters. The fraction of sp³-hybridized carbons (Fsp3) is 0.688. The number of nitrogens with zero attached hydrogens (tertiary/aromatic N) is 2. The van der Waals surface area contributed by atoms with Crippen LogP contribution in [0.15, 0.2) is 25.3 Å². The summed E-state index contributed by atoms with van der Waals surface area (Å²) in [6.45, 7) is 17.5. The predicted molar refractivity (Wildman–Crippen MR) is 86.3 cm³/mol. The van der Waals surface area contributed by atoms with Crippen molar-refractivity contribution in [2.24, 2.45) is 0 Å². The van der Waals surface area contributed by atoms with Gasteiger partial charge in [0.15, 0.2) is 0 Å². The number of amides is 1. The van der Waals surface area contributed by atoms with Crippen LogP contribution in [0, 0.1) is 0 Å². The lowest BCUT2D eigenvalue weighted by Gasteiger charge is -2.41. The van der Waals surface area contributed by atoms with E-state index in [9.17, 15) is 4.79 Å². The number of nitrogens with one attached hydrogen (secondary N) is 1. The molecule has 1 N–H and O–H groups in total. The van der Waals surface area contributed by atoms with Crippen molar-refractivity contribution < 1.29 is 9.53 Å². The van der Waals surface area contributed by atoms with Crippen LogP contribution in [0.25, 0.3) is 0 Å². The number of rotatable bonds is 9. The zero-order valence-electron chi connectivity index (χ0n) is 13.4. The van der Waals surface area contributed by atoms with Crippen LogP contribution in [0.4, 0.5) is 0 Å². The molecular formula is C16H29N3O2. The standard InChI is InChI=1S/C16H29N3O2/c1-5-7-18(8-6-2)13-15(20)17-14-16(3,4)19-9-11-21-12-10-19/h5-6H,1-2,7-14H2,3-4H3,(H,17,20). The van der Waals surface area contributed by atoms with Crippen LogP contribution in [-0.4, -0.2) is 73.7 Å². The van der Waals surface area contributed by atoms with Crippen LogP contribution in [0.3, 0.4) is 0 Å². The van der Waals surface area contributed by atoms with Gasteiger partial charge in [0.25, 0.3) is 0 Å². The van der Waals surface area contributed by atoms with Gasteiger partial charge in [0, 0.05) is 38.3 Å². The summed E-state index contributed by atoms with van der Waals surface area (Å²) in [5.41, 5.74) is -0.0544. The number of carbonyl (C=O) groups excluding carboxylic acids is 1. The Bertz CT molecular complexity index is 339. The first-order chi connectivity index (χ1) is 9.99. The molecule has 1 amide bonds. The molecule has 5 nitrogen and oxygen atoms in total. The lowest BCUT2D eigenvalue weighted by Crippen LogP contribution is -2.56. The summed E-state index contributed by atoms with van der Waals surface area (Å²) in [5.74, 6) is 0.0417. The third-order valence-electron chi connectivity index (χ3n) is 3.73. The molecule has 0 spiro atoms. The second-order valence-corrected chi connectivity index (χ2v) is 5.96. The van der Waals surface area contributed by atoms with Crippen LogP contribution in [0.2, 0.25) is 0 Å². The molecule has 21 heavy (non-hydrogen) atoms. The molecule has 1 aliphatic rings. The average molecular weight is 295 g/mol. The number of hydrogen-bond acceptors (Lipinski definition) is 4. The van der Waals surface area contributed by atoms with E-state index in [0.29, 0.717) is 26.2 Å². The van der Waals surface area contributed by atoms with Crippen molar-refractivity contribution in [2.75, 3.05) is 52.5 Å². The van der Waals surface area contributed by atoms with E-state index >= 15 is 0 Å². The number of morpholine rings is 1. The summed E-state index contributed by atoms with van der Waals surface area (Å²) in [5, 5.41) is 3.04. The molecule has 0 aromatic carbocycles. The minimum absolute atomic E-state index is 0.0417. The second-order valence-electron chi connectivity index (χ2n) is 5.96. The molecule has 0 aromatic rings.